The Morgan fingerprint density at radius 1 is 1.36 bits per heavy atom. The highest BCUT2D eigenvalue weighted by Crippen LogP contribution is 2.49. The van der Waals surface area contributed by atoms with Crippen LogP contribution in [0.15, 0.2) is 18.5 Å². The molecule has 1 aromatic heterocycles. The van der Waals surface area contributed by atoms with Gasteiger partial charge in [-0.1, -0.05) is 13.8 Å². The van der Waals surface area contributed by atoms with Gasteiger partial charge in [-0.2, -0.15) is 5.10 Å². The predicted octanol–water partition coefficient (Wildman–Crippen LogP) is 1.48. The molecule has 1 saturated carbocycles. The highest BCUT2D eigenvalue weighted by Gasteiger charge is 2.54. The normalized spacial score (nSPS) is 26.4. The Labute approximate surface area is 130 Å². The zero-order chi connectivity index (χ0) is 15.9. The number of carboxylic acid groups (broad SMARTS) is 1. The Bertz CT molecular complexity index is 563. The second-order valence-electron chi connectivity index (χ2n) is 7.05. The summed E-state index contributed by atoms with van der Waals surface area (Å²) in [5.41, 5.74) is -0.360. The number of hydrogen-bond acceptors (Lipinski definition) is 3. The SMILES string of the molecule is CC(C)[C@@H]1CN(C(=O)C2(Cn3cccn3)CC2)C[C@H]1C(=O)O. The highest BCUT2D eigenvalue weighted by atomic mass is 16.4. The number of carboxylic acids is 1. The lowest BCUT2D eigenvalue weighted by molar-refractivity contribution is -0.143. The molecule has 1 aliphatic carbocycles. The standard InChI is InChI=1S/C16H23N3O3/c1-11(2)12-8-18(9-13(12)14(20)21)15(22)16(4-5-16)10-19-7-3-6-17-19/h3,6-7,11-13H,4-5,8-10H2,1-2H3,(H,20,21)/t12-,13+/m0/s1. The van der Waals surface area contributed by atoms with Crippen molar-refractivity contribution in [3.63, 3.8) is 0 Å². The largest absolute Gasteiger partial charge is 0.481 e. The van der Waals surface area contributed by atoms with Crippen LogP contribution in [0.3, 0.4) is 0 Å². The van der Waals surface area contributed by atoms with Crippen molar-refractivity contribution in [1.82, 2.24) is 14.7 Å². The van der Waals surface area contributed by atoms with E-state index in [9.17, 15) is 14.7 Å². The molecule has 6 heteroatoms. The van der Waals surface area contributed by atoms with E-state index >= 15 is 0 Å². The van der Waals surface area contributed by atoms with Gasteiger partial charge >= 0.3 is 5.97 Å². The molecule has 2 heterocycles. The van der Waals surface area contributed by atoms with E-state index in [-0.39, 0.29) is 23.2 Å². The average Bonchev–Trinajstić information content (AvgIpc) is 2.91. The first-order chi connectivity index (χ1) is 10.4. The lowest BCUT2D eigenvalue weighted by atomic mass is 9.86. The first-order valence-electron chi connectivity index (χ1n) is 7.92. The molecule has 0 bridgehead atoms. The Morgan fingerprint density at radius 3 is 2.55 bits per heavy atom. The molecule has 120 valence electrons. The molecule has 22 heavy (non-hydrogen) atoms. The molecule has 2 fully saturated rings. The van der Waals surface area contributed by atoms with Crippen LogP contribution < -0.4 is 0 Å². The van der Waals surface area contributed by atoms with E-state index in [1.165, 1.54) is 0 Å². The van der Waals surface area contributed by atoms with Crippen molar-refractivity contribution in [2.75, 3.05) is 13.1 Å². The molecule has 3 rings (SSSR count). The molecule has 0 aromatic carbocycles. The van der Waals surface area contributed by atoms with Crippen molar-refractivity contribution in [3.8, 4) is 0 Å². The summed E-state index contributed by atoms with van der Waals surface area (Å²) in [7, 11) is 0. The lowest BCUT2D eigenvalue weighted by Gasteiger charge is -2.23. The van der Waals surface area contributed by atoms with Gasteiger partial charge in [0.2, 0.25) is 5.91 Å². The first kappa shape index (κ1) is 15.1. The Hall–Kier alpha value is -1.85. The number of amides is 1. The molecule has 1 aliphatic heterocycles. The van der Waals surface area contributed by atoms with Crippen LogP contribution in [0.4, 0.5) is 0 Å². The molecule has 1 aromatic rings. The Balaban J connectivity index is 1.72. The maximum atomic E-state index is 12.9. The summed E-state index contributed by atoms with van der Waals surface area (Å²) in [5.74, 6) is -0.810. The number of nitrogens with zero attached hydrogens (tertiary/aromatic N) is 3. The molecular weight excluding hydrogens is 282 g/mol. The second-order valence-corrected chi connectivity index (χ2v) is 7.05. The van der Waals surface area contributed by atoms with Crippen LogP contribution in [0.5, 0.6) is 0 Å². The average molecular weight is 305 g/mol. The fourth-order valence-corrected chi connectivity index (χ4v) is 3.56. The summed E-state index contributed by atoms with van der Waals surface area (Å²) in [6.07, 6.45) is 5.32. The summed E-state index contributed by atoms with van der Waals surface area (Å²) in [6, 6.07) is 1.85. The Morgan fingerprint density at radius 2 is 2.09 bits per heavy atom. The van der Waals surface area contributed by atoms with Crippen LogP contribution in [0.2, 0.25) is 0 Å². The van der Waals surface area contributed by atoms with Crippen molar-refractivity contribution < 1.29 is 14.7 Å². The maximum Gasteiger partial charge on any atom is 0.308 e. The lowest BCUT2D eigenvalue weighted by Crippen LogP contribution is -2.38. The highest BCUT2D eigenvalue weighted by molar-refractivity contribution is 5.86. The number of carbonyl (C=O) groups is 2. The van der Waals surface area contributed by atoms with Crippen LogP contribution >= 0.6 is 0 Å². The topological polar surface area (TPSA) is 75.4 Å². The number of likely N-dealkylation sites (tertiary alicyclic amines) is 1. The third-order valence-corrected chi connectivity index (χ3v) is 5.16. The van der Waals surface area contributed by atoms with Gasteiger partial charge in [-0.05, 0) is 30.7 Å². The zero-order valence-electron chi connectivity index (χ0n) is 13.1. The van der Waals surface area contributed by atoms with Gasteiger partial charge in [0.05, 0.1) is 17.9 Å². The van der Waals surface area contributed by atoms with E-state index in [1.807, 2.05) is 26.1 Å². The number of carbonyl (C=O) groups excluding carboxylic acids is 1. The van der Waals surface area contributed by atoms with Crippen LogP contribution in [-0.2, 0) is 16.1 Å². The van der Waals surface area contributed by atoms with E-state index < -0.39 is 11.9 Å². The second kappa shape index (κ2) is 5.41. The van der Waals surface area contributed by atoms with Gasteiger partial charge in [0.15, 0.2) is 0 Å². The van der Waals surface area contributed by atoms with Crippen LogP contribution in [0.25, 0.3) is 0 Å². The summed E-state index contributed by atoms with van der Waals surface area (Å²) in [5, 5.41) is 13.6. The summed E-state index contributed by atoms with van der Waals surface area (Å²) in [4.78, 5) is 26.1. The van der Waals surface area contributed by atoms with E-state index in [1.54, 1.807) is 15.8 Å². The number of hydrogen-bond donors (Lipinski definition) is 1. The van der Waals surface area contributed by atoms with Gasteiger partial charge in [-0.15, -0.1) is 0 Å². The molecule has 0 spiro atoms. The molecule has 1 amide bonds. The number of aliphatic carboxylic acids is 1. The van der Waals surface area contributed by atoms with Gasteiger partial charge in [-0.25, -0.2) is 0 Å². The minimum atomic E-state index is -0.786. The fraction of sp³-hybridized carbons (Fsp3) is 0.688. The van der Waals surface area contributed by atoms with Gasteiger partial charge in [0.25, 0.3) is 0 Å². The van der Waals surface area contributed by atoms with Crippen molar-refractivity contribution >= 4 is 11.9 Å². The van der Waals surface area contributed by atoms with E-state index in [0.29, 0.717) is 19.6 Å². The quantitative estimate of drug-likeness (QED) is 0.894. The maximum absolute atomic E-state index is 12.9. The summed E-state index contributed by atoms with van der Waals surface area (Å²) < 4.78 is 1.80. The third-order valence-electron chi connectivity index (χ3n) is 5.16. The van der Waals surface area contributed by atoms with Crippen molar-refractivity contribution in [2.45, 2.75) is 33.2 Å². The van der Waals surface area contributed by atoms with Crippen LogP contribution in [0.1, 0.15) is 26.7 Å². The first-order valence-corrected chi connectivity index (χ1v) is 7.92. The molecule has 2 atom stereocenters. The van der Waals surface area contributed by atoms with Gasteiger partial charge in [0.1, 0.15) is 0 Å². The summed E-state index contributed by atoms with van der Waals surface area (Å²) in [6.45, 7) is 5.57. The van der Waals surface area contributed by atoms with Crippen LogP contribution in [-0.4, -0.2) is 44.8 Å². The van der Waals surface area contributed by atoms with Crippen molar-refractivity contribution in [3.05, 3.63) is 18.5 Å². The van der Waals surface area contributed by atoms with Crippen molar-refractivity contribution in [2.24, 2.45) is 23.2 Å². The molecule has 1 N–H and O–H groups in total. The van der Waals surface area contributed by atoms with Gasteiger partial charge < -0.3 is 10.0 Å². The fourth-order valence-electron chi connectivity index (χ4n) is 3.56. The smallest absolute Gasteiger partial charge is 0.308 e. The zero-order valence-corrected chi connectivity index (χ0v) is 13.1. The number of rotatable bonds is 5. The molecule has 1 saturated heterocycles. The predicted molar refractivity (Wildman–Crippen MR) is 79.9 cm³/mol. The van der Waals surface area contributed by atoms with Crippen molar-refractivity contribution in [1.29, 1.82) is 0 Å². The summed E-state index contributed by atoms with van der Waals surface area (Å²) >= 11 is 0. The van der Waals surface area contributed by atoms with E-state index in [0.717, 1.165) is 12.8 Å². The van der Waals surface area contributed by atoms with E-state index in [2.05, 4.69) is 5.10 Å². The molecule has 6 nitrogen and oxygen atoms in total. The molecular formula is C16H23N3O3. The Kier molecular flexibility index (Phi) is 3.70. The van der Waals surface area contributed by atoms with Gasteiger partial charge in [0, 0.05) is 25.5 Å². The minimum absolute atomic E-state index is 0.0435. The number of aromatic nitrogens is 2. The molecule has 0 unspecified atom stereocenters. The van der Waals surface area contributed by atoms with Gasteiger partial charge in [-0.3, -0.25) is 14.3 Å². The minimum Gasteiger partial charge on any atom is -0.481 e. The van der Waals surface area contributed by atoms with E-state index in [4.69, 9.17) is 0 Å². The molecule has 0 radical (unpaired) electrons. The third kappa shape index (κ3) is 2.62. The van der Waals surface area contributed by atoms with Crippen LogP contribution in [0, 0.1) is 23.2 Å². The monoisotopic (exact) mass is 305 g/mol. The molecule has 2 aliphatic rings.